The normalized spacial score (nSPS) is 22.8. The maximum absolute atomic E-state index is 4.11. The summed E-state index contributed by atoms with van der Waals surface area (Å²) in [5, 5.41) is 3.38. The molecule has 0 saturated carbocycles. The highest BCUT2D eigenvalue weighted by atomic mass is 15.2. The summed E-state index contributed by atoms with van der Waals surface area (Å²) in [6, 6.07) is 0.507. The lowest BCUT2D eigenvalue weighted by atomic mass is 10.1. The smallest absolute Gasteiger partial charge is 0.0486 e. The first-order chi connectivity index (χ1) is 7.19. The molecule has 0 amide bonds. The third-order valence-corrected chi connectivity index (χ3v) is 3.08. The van der Waals surface area contributed by atoms with Gasteiger partial charge < -0.3 is 5.32 Å². The topological polar surface area (TPSA) is 15.3 Å². The molecule has 0 aromatic heterocycles. The van der Waals surface area contributed by atoms with Crippen molar-refractivity contribution in [1.29, 1.82) is 0 Å². The van der Waals surface area contributed by atoms with Crippen molar-refractivity contribution in [2.75, 3.05) is 20.1 Å². The lowest BCUT2D eigenvalue weighted by molar-refractivity contribution is 0.335. The lowest BCUT2D eigenvalue weighted by Gasteiger charge is -2.23. The SMILES string of the molecule is C=C/C(=C/C)CNC(=C)C1CCCN1C. The first-order valence-corrected chi connectivity index (χ1v) is 5.59. The average molecular weight is 206 g/mol. The Kier molecular flexibility index (Phi) is 4.63. The zero-order valence-electron chi connectivity index (χ0n) is 9.92. The summed E-state index contributed by atoms with van der Waals surface area (Å²) >= 11 is 0. The van der Waals surface area contributed by atoms with E-state index in [1.165, 1.54) is 25.0 Å². The maximum atomic E-state index is 4.11. The summed E-state index contributed by atoms with van der Waals surface area (Å²) in [4.78, 5) is 2.36. The number of likely N-dealkylation sites (N-methyl/N-ethyl adjacent to an activating group) is 1. The van der Waals surface area contributed by atoms with E-state index in [-0.39, 0.29) is 0 Å². The largest absolute Gasteiger partial charge is 0.383 e. The third kappa shape index (κ3) is 3.24. The fourth-order valence-corrected chi connectivity index (χ4v) is 1.98. The molecule has 0 radical (unpaired) electrons. The number of nitrogens with zero attached hydrogens (tertiary/aromatic N) is 1. The van der Waals surface area contributed by atoms with Crippen molar-refractivity contribution in [2.45, 2.75) is 25.8 Å². The molecule has 1 saturated heterocycles. The Morgan fingerprint density at radius 1 is 1.60 bits per heavy atom. The molecule has 1 fully saturated rings. The predicted molar refractivity (Wildman–Crippen MR) is 66.7 cm³/mol. The minimum atomic E-state index is 0.507. The Bertz CT molecular complexity index is 266. The van der Waals surface area contributed by atoms with Gasteiger partial charge in [-0.05, 0) is 38.9 Å². The van der Waals surface area contributed by atoms with Crippen LogP contribution in [0.1, 0.15) is 19.8 Å². The van der Waals surface area contributed by atoms with Crippen LogP contribution in [0.25, 0.3) is 0 Å². The number of hydrogen-bond acceptors (Lipinski definition) is 2. The van der Waals surface area contributed by atoms with E-state index >= 15 is 0 Å². The van der Waals surface area contributed by atoms with Gasteiger partial charge in [-0.15, -0.1) is 0 Å². The van der Waals surface area contributed by atoms with Crippen LogP contribution in [-0.4, -0.2) is 31.1 Å². The highest BCUT2D eigenvalue weighted by Gasteiger charge is 2.22. The van der Waals surface area contributed by atoms with Gasteiger partial charge in [0.05, 0.1) is 0 Å². The number of allylic oxidation sites excluding steroid dienone is 1. The molecule has 1 aliphatic rings. The molecule has 1 heterocycles. The van der Waals surface area contributed by atoms with Crippen molar-refractivity contribution in [3.63, 3.8) is 0 Å². The quantitative estimate of drug-likeness (QED) is 0.694. The minimum absolute atomic E-state index is 0.507. The number of nitrogens with one attached hydrogen (secondary N) is 1. The van der Waals surface area contributed by atoms with Gasteiger partial charge in [0.15, 0.2) is 0 Å². The van der Waals surface area contributed by atoms with Crippen molar-refractivity contribution in [2.24, 2.45) is 0 Å². The minimum Gasteiger partial charge on any atom is -0.383 e. The number of hydrogen-bond donors (Lipinski definition) is 1. The Hall–Kier alpha value is -1.02. The second-order valence-corrected chi connectivity index (χ2v) is 4.09. The van der Waals surface area contributed by atoms with Gasteiger partial charge in [0.2, 0.25) is 0 Å². The molecule has 84 valence electrons. The van der Waals surface area contributed by atoms with E-state index in [1.807, 2.05) is 13.0 Å². The van der Waals surface area contributed by atoms with Crippen molar-refractivity contribution < 1.29 is 0 Å². The lowest BCUT2D eigenvalue weighted by Crippen LogP contribution is -2.33. The van der Waals surface area contributed by atoms with Crippen LogP contribution in [-0.2, 0) is 0 Å². The highest BCUT2D eigenvalue weighted by Crippen LogP contribution is 2.19. The fourth-order valence-electron chi connectivity index (χ4n) is 1.98. The van der Waals surface area contributed by atoms with Crippen LogP contribution in [0.4, 0.5) is 0 Å². The monoisotopic (exact) mass is 206 g/mol. The fraction of sp³-hybridized carbons (Fsp3) is 0.538. The molecule has 0 aromatic carbocycles. The summed E-state index contributed by atoms with van der Waals surface area (Å²) in [7, 11) is 2.16. The van der Waals surface area contributed by atoms with Gasteiger partial charge in [0.1, 0.15) is 0 Å². The summed E-state index contributed by atoms with van der Waals surface area (Å²) in [5.41, 5.74) is 2.35. The van der Waals surface area contributed by atoms with E-state index in [1.54, 1.807) is 0 Å². The van der Waals surface area contributed by atoms with Crippen molar-refractivity contribution in [3.8, 4) is 0 Å². The maximum Gasteiger partial charge on any atom is 0.0486 e. The third-order valence-electron chi connectivity index (χ3n) is 3.08. The summed E-state index contributed by atoms with van der Waals surface area (Å²) in [5.74, 6) is 0. The molecule has 15 heavy (non-hydrogen) atoms. The van der Waals surface area contributed by atoms with Crippen LogP contribution in [0.5, 0.6) is 0 Å². The molecule has 1 aliphatic heterocycles. The van der Waals surface area contributed by atoms with Crippen molar-refractivity contribution >= 4 is 0 Å². The summed E-state index contributed by atoms with van der Waals surface area (Å²) < 4.78 is 0. The molecule has 2 heteroatoms. The summed E-state index contributed by atoms with van der Waals surface area (Å²) in [6.07, 6.45) is 6.46. The zero-order chi connectivity index (χ0) is 11.3. The van der Waals surface area contributed by atoms with Crippen molar-refractivity contribution in [3.05, 3.63) is 36.6 Å². The molecule has 0 spiro atoms. The number of rotatable bonds is 5. The highest BCUT2D eigenvalue weighted by molar-refractivity contribution is 5.19. The first-order valence-electron chi connectivity index (χ1n) is 5.59. The Labute approximate surface area is 93.4 Å². The van der Waals surface area contributed by atoms with E-state index in [4.69, 9.17) is 0 Å². The molecule has 1 N–H and O–H groups in total. The van der Waals surface area contributed by atoms with Gasteiger partial charge >= 0.3 is 0 Å². The second-order valence-electron chi connectivity index (χ2n) is 4.09. The van der Waals surface area contributed by atoms with Crippen LogP contribution in [0.15, 0.2) is 36.6 Å². The van der Waals surface area contributed by atoms with Crippen LogP contribution in [0, 0.1) is 0 Å². The van der Waals surface area contributed by atoms with Gasteiger partial charge in [-0.3, -0.25) is 4.90 Å². The van der Waals surface area contributed by atoms with Crippen LogP contribution >= 0.6 is 0 Å². The Morgan fingerprint density at radius 2 is 2.33 bits per heavy atom. The molecule has 0 bridgehead atoms. The molecular formula is C13H22N2. The molecular weight excluding hydrogens is 184 g/mol. The molecule has 2 nitrogen and oxygen atoms in total. The second kappa shape index (κ2) is 5.76. The van der Waals surface area contributed by atoms with E-state index < -0.39 is 0 Å². The van der Waals surface area contributed by atoms with Gasteiger partial charge in [0.25, 0.3) is 0 Å². The van der Waals surface area contributed by atoms with Crippen LogP contribution in [0.3, 0.4) is 0 Å². The predicted octanol–water partition coefficient (Wildman–Crippen LogP) is 2.32. The van der Waals surface area contributed by atoms with Gasteiger partial charge in [0, 0.05) is 18.3 Å². The van der Waals surface area contributed by atoms with Crippen LogP contribution < -0.4 is 5.32 Å². The van der Waals surface area contributed by atoms with Crippen molar-refractivity contribution in [1.82, 2.24) is 10.2 Å². The molecule has 0 aliphatic carbocycles. The Balaban J connectivity index is 2.39. The van der Waals surface area contributed by atoms with E-state index in [0.717, 1.165) is 12.2 Å². The van der Waals surface area contributed by atoms with Gasteiger partial charge in [-0.25, -0.2) is 0 Å². The molecule has 1 unspecified atom stereocenters. The average Bonchev–Trinajstić information content (AvgIpc) is 2.66. The zero-order valence-corrected chi connectivity index (χ0v) is 9.92. The molecule has 1 rings (SSSR count). The molecule has 0 aromatic rings. The van der Waals surface area contributed by atoms with E-state index in [2.05, 4.69) is 36.5 Å². The standard InChI is InChI=1S/C13H22N2/c1-5-12(6-2)10-14-11(3)13-8-7-9-15(13)4/h5-6,13-14H,1,3,7-10H2,2,4H3/b12-6-. The van der Waals surface area contributed by atoms with E-state index in [0.29, 0.717) is 6.04 Å². The Morgan fingerprint density at radius 3 is 2.80 bits per heavy atom. The van der Waals surface area contributed by atoms with Crippen LogP contribution in [0.2, 0.25) is 0 Å². The van der Waals surface area contributed by atoms with Gasteiger partial charge in [-0.2, -0.15) is 0 Å². The first kappa shape index (κ1) is 12.1. The van der Waals surface area contributed by atoms with Gasteiger partial charge in [-0.1, -0.05) is 25.3 Å². The number of likely N-dealkylation sites (tertiary alicyclic amines) is 1. The van der Waals surface area contributed by atoms with E-state index in [9.17, 15) is 0 Å². The summed E-state index contributed by atoms with van der Waals surface area (Å²) in [6.45, 7) is 11.9. The molecule has 1 atom stereocenters.